The number of carbonyl (C=O) groups excluding carboxylic acids is 2. The molecule has 2 aromatic carbocycles. The van der Waals surface area contributed by atoms with E-state index in [1.54, 1.807) is 48.5 Å². The van der Waals surface area contributed by atoms with Crippen LogP contribution in [0, 0.1) is 0 Å². The Hall–Kier alpha value is -2.92. The fraction of sp³-hybridized carbons (Fsp3) is 0. The van der Waals surface area contributed by atoms with Crippen LogP contribution in [-0.4, -0.2) is 21.4 Å². The van der Waals surface area contributed by atoms with Gasteiger partial charge >= 0.3 is 6.03 Å². The first-order valence-electron chi connectivity index (χ1n) is 6.85. The highest BCUT2D eigenvalue weighted by Crippen LogP contribution is 2.20. The Morgan fingerprint density at radius 2 is 1.70 bits per heavy atom. The maximum atomic E-state index is 12.6. The van der Waals surface area contributed by atoms with E-state index in [4.69, 9.17) is 11.6 Å². The van der Waals surface area contributed by atoms with Crippen LogP contribution < -0.4 is 5.32 Å². The van der Waals surface area contributed by atoms with Crippen LogP contribution in [0.5, 0.6) is 0 Å². The summed E-state index contributed by atoms with van der Waals surface area (Å²) in [5.41, 5.74) is 1.37. The van der Waals surface area contributed by atoms with Gasteiger partial charge in [-0.15, -0.1) is 0 Å². The van der Waals surface area contributed by atoms with E-state index in [9.17, 15) is 9.59 Å². The molecule has 114 valence electrons. The number of aromatic nitrogens is 2. The molecule has 0 aliphatic rings. The number of amides is 1. The first kappa shape index (κ1) is 15.0. The molecule has 1 heterocycles. The second kappa shape index (κ2) is 6.46. The van der Waals surface area contributed by atoms with Crippen LogP contribution in [0.1, 0.15) is 15.9 Å². The fourth-order valence-electron chi connectivity index (χ4n) is 2.14. The summed E-state index contributed by atoms with van der Waals surface area (Å²) in [6.45, 7) is 0. The molecule has 0 fully saturated rings. The minimum atomic E-state index is -0.485. The molecule has 0 aliphatic carbocycles. The zero-order chi connectivity index (χ0) is 16.2. The molecular formula is C17H12ClN3O2. The number of nitrogens with one attached hydrogen (secondary N) is 1. The Morgan fingerprint density at radius 1 is 1.00 bits per heavy atom. The largest absolute Gasteiger partial charge is 0.332 e. The predicted octanol–water partition coefficient (Wildman–Crippen LogP) is 3.85. The van der Waals surface area contributed by atoms with Gasteiger partial charge in [-0.3, -0.25) is 4.79 Å². The highest BCUT2D eigenvalue weighted by atomic mass is 35.5. The van der Waals surface area contributed by atoms with Crippen molar-refractivity contribution in [3.63, 3.8) is 0 Å². The molecule has 1 N–H and O–H groups in total. The van der Waals surface area contributed by atoms with E-state index in [-0.39, 0.29) is 10.9 Å². The molecule has 1 aromatic heterocycles. The molecule has 5 nitrogen and oxygen atoms in total. The van der Waals surface area contributed by atoms with Crippen molar-refractivity contribution in [3.05, 3.63) is 83.4 Å². The van der Waals surface area contributed by atoms with Crippen molar-refractivity contribution >= 4 is 29.1 Å². The van der Waals surface area contributed by atoms with Crippen LogP contribution in [0.25, 0.3) is 0 Å². The average molecular weight is 326 g/mol. The lowest BCUT2D eigenvalue weighted by Crippen LogP contribution is -2.20. The van der Waals surface area contributed by atoms with Gasteiger partial charge in [0, 0.05) is 11.1 Å². The minimum absolute atomic E-state index is 0.168. The van der Waals surface area contributed by atoms with Gasteiger partial charge in [-0.25, -0.2) is 14.3 Å². The summed E-state index contributed by atoms with van der Waals surface area (Å²) in [5, 5.41) is 2.87. The molecule has 0 atom stereocenters. The van der Waals surface area contributed by atoms with Crippen molar-refractivity contribution in [1.82, 2.24) is 9.55 Å². The number of benzene rings is 2. The lowest BCUT2D eigenvalue weighted by molar-refractivity contribution is 0.103. The third-order valence-corrected chi connectivity index (χ3v) is 3.54. The van der Waals surface area contributed by atoms with Gasteiger partial charge in [0.05, 0.1) is 11.9 Å². The van der Waals surface area contributed by atoms with E-state index in [1.165, 1.54) is 12.5 Å². The topological polar surface area (TPSA) is 64.0 Å². The molecule has 0 unspecified atom stereocenters. The van der Waals surface area contributed by atoms with E-state index < -0.39 is 6.03 Å². The van der Waals surface area contributed by atoms with Crippen LogP contribution >= 0.6 is 11.6 Å². The second-order valence-electron chi connectivity index (χ2n) is 4.76. The van der Waals surface area contributed by atoms with Crippen molar-refractivity contribution in [2.75, 3.05) is 5.32 Å². The van der Waals surface area contributed by atoms with Gasteiger partial charge in [-0.2, -0.15) is 0 Å². The summed E-state index contributed by atoms with van der Waals surface area (Å²) in [6.07, 6.45) is 2.67. The van der Waals surface area contributed by atoms with E-state index in [0.717, 1.165) is 4.57 Å². The van der Waals surface area contributed by atoms with Crippen molar-refractivity contribution in [2.24, 2.45) is 0 Å². The van der Waals surface area contributed by atoms with E-state index in [2.05, 4.69) is 10.3 Å². The van der Waals surface area contributed by atoms with Crippen molar-refractivity contribution in [3.8, 4) is 0 Å². The first-order valence-corrected chi connectivity index (χ1v) is 7.22. The summed E-state index contributed by atoms with van der Waals surface area (Å²) >= 11 is 5.87. The Labute approximate surface area is 137 Å². The van der Waals surface area contributed by atoms with E-state index in [0.29, 0.717) is 16.8 Å². The molecule has 0 saturated heterocycles. The van der Waals surface area contributed by atoms with Crippen LogP contribution in [0.15, 0.2) is 67.1 Å². The summed E-state index contributed by atoms with van der Waals surface area (Å²) in [4.78, 5) is 28.6. The van der Waals surface area contributed by atoms with Gasteiger partial charge in [-0.1, -0.05) is 54.1 Å². The lowest BCUT2D eigenvalue weighted by atomic mass is 10.0. The number of hydrogen-bond donors (Lipinski definition) is 1. The van der Waals surface area contributed by atoms with Crippen molar-refractivity contribution in [1.29, 1.82) is 0 Å². The number of para-hydroxylation sites is 1. The number of hydrogen-bond acceptors (Lipinski definition) is 3. The Bertz CT molecular complexity index is 859. The summed E-state index contributed by atoms with van der Waals surface area (Å²) < 4.78 is 1.16. The lowest BCUT2D eigenvalue weighted by Gasteiger charge is -2.11. The van der Waals surface area contributed by atoms with Crippen LogP contribution in [0.2, 0.25) is 5.15 Å². The van der Waals surface area contributed by atoms with Crippen molar-refractivity contribution < 1.29 is 9.59 Å². The van der Waals surface area contributed by atoms with Gasteiger partial charge in [0.1, 0.15) is 11.5 Å². The normalized spacial score (nSPS) is 10.3. The zero-order valence-electron chi connectivity index (χ0n) is 11.9. The molecular weight excluding hydrogens is 314 g/mol. The highest BCUT2D eigenvalue weighted by Gasteiger charge is 2.16. The number of imidazole rings is 1. The molecule has 6 heteroatoms. The molecule has 0 aliphatic heterocycles. The highest BCUT2D eigenvalue weighted by molar-refractivity contribution is 6.30. The molecule has 0 spiro atoms. The standard InChI is InChI=1S/C17H12ClN3O2/c18-15-10-19-11-21(15)17(23)20-14-9-5-4-8-13(14)16(22)12-6-2-1-3-7-12/h1-11H,(H,20,23). The molecule has 0 saturated carbocycles. The van der Waals surface area contributed by atoms with Gasteiger partial charge in [0.25, 0.3) is 0 Å². The monoisotopic (exact) mass is 325 g/mol. The maximum absolute atomic E-state index is 12.6. The third kappa shape index (κ3) is 3.14. The number of halogens is 1. The Morgan fingerprint density at radius 3 is 2.39 bits per heavy atom. The van der Waals surface area contributed by atoms with E-state index >= 15 is 0 Å². The quantitative estimate of drug-likeness (QED) is 0.744. The Kier molecular flexibility index (Phi) is 4.21. The van der Waals surface area contributed by atoms with Gasteiger partial charge in [0.15, 0.2) is 5.78 Å². The SMILES string of the molecule is O=C(c1ccccc1)c1ccccc1NC(=O)n1cncc1Cl. The number of nitrogens with zero attached hydrogens (tertiary/aromatic N) is 2. The first-order chi connectivity index (χ1) is 11.2. The maximum Gasteiger partial charge on any atom is 0.332 e. The molecule has 0 radical (unpaired) electrons. The van der Waals surface area contributed by atoms with Crippen LogP contribution in [-0.2, 0) is 0 Å². The van der Waals surface area contributed by atoms with Gasteiger partial charge < -0.3 is 5.32 Å². The molecule has 1 amide bonds. The number of ketones is 1. The van der Waals surface area contributed by atoms with Crippen molar-refractivity contribution in [2.45, 2.75) is 0 Å². The molecule has 3 rings (SSSR count). The summed E-state index contributed by atoms with van der Waals surface area (Å²) in [6, 6.07) is 15.2. The second-order valence-corrected chi connectivity index (χ2v) is 5.14. The number of anilines is 1. The number of rotatable bonds is 3. The average Bonchev–Trinajstić information content (AvgIpc) is 3.02. The predicted molar refractivity (Wildman–Crippen MR) is 88.0 cm³/mol. The fourth-order valence-corrected chi connectivity index (χ4v) is 2.32. The van der Waals surface area contributed by atoms with Gasteiger partial charge in [0.2, 0.25) is 0 Å². The number of carbonyl (C=O) groups is 2. The molecule has 0 bridgehead atoms. The van der Waals surface area contributed by atoms with Gasteiger partial charge in [-0.05, 0) is 12.1 Å². The van der Waals surface area contributed by atoms with Crippen LogP contribution in [0.3, 0.4) is 0 Å². The molecule has 23 heavy (non-hydrogen) atoms. The molecule has 3 aromatic rings. The minimum Gasteiger partial charge on any atom is -0.306 e. The zero-order valence-corrected chi connectivity index (χ0v) is 12.7. The smallest absolute Gasteiger partial charge is 0.306 e. The summed E-state index contributed by atoms with van der Waals surface area (Å²) in [5.74, 6) is -0.168. The Balaban J connectivity index is 1.91. The third-order valence-electron chi connectivity index (χ3n) is 3.26. The summed E-state index contributed by atoms with van der Waals surface area (Å²) in [7, 11) is 0. The van der Waals surface area contributed by atoms with Crippen LogP contribution in [0.4, 0.5) is 10.5 Å². The van der Waals surface area contributed by atoms with E-state index in [1.807, 2.05) is 6.07 Å².